The highest BCUT2D eigenvalue weighted by Crippen LogP contribution is 2.33. The maximum Gasteiger partial charge on any atom is 0.416 e. The van der Waals surface area contributed by atoms with E-state index < -0.39 is 17.8 Å². The summed E-state index contributed by atoms with van der Waals surface area (Å²) in [6.45, 7) is 1.80. The number of urea groups is 1. The standard InChI is InChI=1S/C25H23F3N2O2/c1-4-23(18-9-6-5-7-10-18)30(20-13-15-22(32-3)16-14-20)24(31)29(2)21-12-8-11-19(17-21)25(26,27)28/h4-17H,1-3H3/b23-4-. The highest BCUT2D eigenvalue weighted by atomic mass is 19.4. The van der Waals surface area contributed by atoms with E-state index in [1.807, 2.05) is 30.3 Å². The van der Waals surface area contributed by atoms with E-state index in [-0.39, 0.29) is 5.69 Å². The van der Waals surface area contributed by atoms with E-state index in [9.17, 15) is 18.0 Å². The Balaban J connectivity index is 2.07. The lowest BCUT2D eigenvalue weighted by atomic mass is 10.1. The van der Waals surface area contributed by atoms with Gasteiger partial charge in [0.15, 0.2) is 0 Å². The van der Waals surface area contributed by atoms with Crippen LogP contribution in [0.4, 0.5) is 29.3 Å². The van der Waals surface area contributed by atoms with Gasteiger partial charge < -0.3 is 4.74 Å². The maximum atomic E-state index is 13.6. The molecule has 0 bridgehead atoms. The van der Waals surface area contributed by atoms with Gasteiger partial charge in [-0.3, -0.25) is 9.80 Å². The third kappa shape index (κ3) is 4.94. The van der Waals surface area contributed by atoms with Crippen LogP contribution in [0.2, 0.25) is 0 Å². The number of hydrogen-bond acceptors (Lipinski definition) is 2. The first-order chi connectivity index (χ1) is 15.3. The summed E-state index contributed by atoms with van der Waals surface area (Å²) in [6, 6.07) is 20.4. The fourth-order valence-corrected chi connectivity index (χ4v) is 3.27. The lowest BCUT2D eigenvalue weighted by Crippen LogP contribution is -2.40. The molecule has 0 radical (unpaired) electrons. The van der Waals surface area contributed by atoms with Crippen LogP contribution in [0.15, 0.2) is 84.9 Å². The Morgan fingerprint density at radius 2 is 1.56 bits per heavy atom. The van der Waals surface area contributed by atoms with Crippen molar-refractivity contribution >= 4 is 23.1 Å². The molecule has 3 aromatic carbocycles. The maximum absolute atomic E-state index is 13.6. The predicted octanol–water partition coefficient (Wildman–Crippen LogP) is 6.84. The molecule has 32 heavy (non-hydrogen) atoms. The highest BCUT2D eigenvalue weighted by Gasteiger charge is 2.32. The van der Waals surface area contributed by atoms with Crippen LogP contribution in [-0.2, 0) is 6.18 Å². The van der Waals surface area contributed by atoms with E-state index in [0.29, 0.717) is 17.1 Å². The number of rotatable bonds is 5. The monoisotopic (exact) mass is 440 g/mol. The lowest BCUT2D eigenvalue weighted by molar-refractivity contribution is -0.137. The van der Waals surface area contributed by atoms with Gasteiger partial charge in [-0.2, -0.15) is 13.2 Å². The Bertz CT molecular complexity index is 1090. The molecule has 3 rings (SSSR count). The van der Waals surface area contributed by atoms with E-state index in [4.69, 9.17) is 4.74 Å². The van der Waals surface area contributed by atoms with Crippen LogP contribution in [0.1, 0.15) is 18.1 Å². The Labute approximate surface area is 185 Å². The number of benzene rings is 3. The smallest absolute Gasteiger partial charge is 0.416 e. The van der Waals surface area contributed by atoms with Crippen molar-refractivity contribution in [1.29, 1.82) is 0 Å². The highest BCUT2D eigenvalue weighted by molar-refractivity contribution is 6.12. The summed E-state index contributed by atoms with van der Waals surface area (Å²) in [6.07, 6.45) is -2.72. The van der Waals surface area contributed by atoms with Crippen molar-refractivity contribution in [3.63, 3.8) is 0 Å². The molecular weight excluding hydrogens is 417 g/mol. The molecule has 0 fully saturated rings. The van der Waals surface area contributed by atoms with Gasteiger partial charge in [0.25, 0.3) is 0 Å². The van der Waals surface area contributed by atoms with Crippen LogP contribution >= 0.6 is 0 Å². The van der Waals surface area contributed by atoms with Crippen LogP contribution in [0.3, 0.4) is 0 Å². The van der Waals surface area contributed by atoms with Gasteiger partial charge in [-0.15, -0.1) is 0 Å². The summed E-state index contributed by atoms with van der Waals surface area (Å²) in [7, 11) is 2.99. The number of nitrogens with zero attached hydrogens (tertiary/aromatic N) is 2. The molecule has 166 valence electrons. The van der Waals surface area contributed by atoms with Crippen molar-refractivity contribution in [3.8, 4) is 5.75 Å². The fraction of sp³-hybridized carbons (Fsp3) is 0.160. The summed E-state index contributed by atoms with van der Waals surface area (Å²) in [5, 5.41) is 0. The van der Waals surface area contributed by atoms with Crippen molar-refractivity contribution in [3.05, 3.63) is 96.1 Å². The Morgan fingerprint density at radius 3 is 2.12 bits per heavy atom. The number of amides is 2. The number of ether oxygens (including phenoxy) is 1. The Kier molecular flexibility index (Phi) is 6.88. The molecule has 0 aliphatic heterocycles. The van der Waals surface area contributed by atoms with Crippen molar-refractivity contribution in [2.45, 2.75) is 13.1 Å². The fourth-order valence-electron chi connectivity index (χ4n) is 3.27. The number of anilines is 2. The van der Waals surface area contributed by atoms with Gasteiger partial charge in [0.05, 0.1) is 24.1 Å². The van der Waals surface area contributed by atoms with Crippen LogP contribution in [-0.4, -0.2) is 20.2 Å². The van der Waals surface area contributed by atoms with Crippen LogP contribution in [0.5, 0.6) is 5.75 Å². The lowest BCUT2D eigenvalue weighted by Gasteiger charge is -2.31. The van der Waals surface area contributed by atoms with Crippen LogP contribution in [0.25, 0.3) is 5.70 Å². The summed E-state index contributed by atoms with van der Waals surface area (Å²) >= 11 is 0. The molecule has 0 N–H and O–H groups in total. The SMILES string of the molecule is C/C=C(/c1ccccc1)N(C(=O)N(C)c1cccc(C(F)(F)F)c1)c1ccc(OC)cc1. The first-order valence-corrected chi connectivity index (χ1v) is 9.87. The molecule has 0 unspecified atom stereocenters. The summed E-state index contributed by atoms with van der Waals surface area (Å²) in [5.74, 6) is 0.620. The molecule has 3 aromatic rings. The number of halogens is 3. The molecule has 0 saturated carbocycles. The van der Waals surface area contributed by atoms with Gasteiger partial charge in [-0.05, 0) is 55.0 Å². The molecule has 0 heterocycles. The molecular formula is C25H23F3N2O2. The number of carbonyl (C=O) groups is 1. The normalized spacial score (nSPS) is 11.8. The van der Waals surface area contributed by atoms with Gasteiger partial charge in [0, 0.05) is 12.7 Å². The largest absolute Gasteiger partial charge is 0.497 e. The molecule has 0 atom stereocenters. The molecule has 7 heteroatoms. The second-order valence-electron chi connectivity index (χ2n) is 6.96. The van der Waals surface area contributed by atoms with Crippen molar-refractivity contribution in [2.24, 2.45) is 0 Å². The number of allylic oxidation sites excluding steroid dienone is 1. The van der Waals surface area contributed by atoms with Gasteiger partial charge in [0.1, 0.15) is 5.75 Å². The third-order valence-electron chi connectivity index (χ3n) is 4.95. The number of hydrogen-bond donors (Lipinski definition) is 0. The van der Waals surface area contributed by atoms with E-state index in [0.717, 1.165) is 17.7 Å². The van der Waals surface area contributed by atoms with E-state index in [2.05, 4.69) is 0 Å². The molecule has 0 aromatic heterocycles. The van der Waals surface area contributed by atoms with E-state index in [1.54, 1.807) is 44.4 Å². The molecule has 0 spiro atoms. The van der Waals surface area contributed by atoms with Gasteiger partial charge >= 0.3 is 12.2 Å². The second kappa shape index (κ2) is 9.60. The van der Waals surface area contributed by atoms with Gasteiger partial charge in [-0.25, -0.2) is 4.79 Å². The zero-order valence-electron chi connectivity index (χ0n) is 17.9. The average molecular weight is 440 g/mol. The van der Waals surface area contributed by atoms with Crippen molar-refractivity contribution in [2.75, 3.05) is 24.0 Å². The predicted molar refractivity (Wildman–Crippen MR) is 121 cm³/mol. The summed E-state index contributed by atoms with van der Waals surface area (Å²) in [4.78, 5) is 16.3. The minimum Gasteiger partial charge on any atom is -0.497 e. The number of alkyl halides is 3. The first-order valence-electron chi connectivity index (χ1n) is 9.87. The topological polar surface area (TPSA) is 32.8 Å². The van der Waals surface area contributed by atoms with Crippen LogP contribution < -0.4 is 14.5 Å². The van der Waals surface area contributed by atoms with Crippen molar-refractivity contribution < 1.29 is 22.7 Å². The molecule has 4 nitrogen and oxygen atoms in total. The van der Waals surface area contributed by atoms with Crippen LogP contribution in [0, 0.1) is 0 Å². The minimum absolute atomic E-state index is 0.131. The van der Waals surface area contributed by atoms with Gasteiger partial charge in [0.2, 0.25) is 0 Å². The van der Waals surface area contributed by atoms with E-state index >= 15 is 0 Å². The first kappa shape index (κ1) is 22.9. The number of carbonyl (C=O) groups excluding carboxylic acids is 1. The molecule has 0 aliphatic carbocycles. The minimum atomic E-state index is -4.51. The molecule has 0 saturated heterocycles. The second-order valence-corrected chi connectivity index (χ2v) is 6.96. The zero-order chi connectivity index (χ0) is 23.3. The molecule has 0 aliphatic rings. The number of methoxy groups -OCH3 is 1. The zero-order valence-corrected chi connectivity index (χ0v) is 17.9. The molecule has 2 amide bonds. The average Bonchev–Trinajstić information content (AvgIpc) is 2.82. The van der Waals surface area contributed by atoms with Gasteiger partial charge in [-0.1, -0.05) is 42.5 Å². The summed E-state index contributed by atoms with van der Waals surface area (Å²) in [5.41, 5.74) is 1.24. The quantitative estimate of drug-likeness (QED) is 0.435. The third-order valence-corrected chi connectivity index (χ3v) is 4.95. The Morgan fingerprint density at radius 1 is 0.906 bits per heavy atom. The Hall–Kier alpha value is -3.74. The van der Waals surface area contributed by atoms with E-state index in [1.165, 1.54) is 29.0 Å². The summed E-state index contributed by atoms with van der Waals surface area (Å²) < 4.78 is 44.8. The van der Waals surface area contributed by atoms with Crippen molar-refractivity contribution in [1.82, 2.24) is 0 Å².